The first-order valence-electron chi connectivity index (χ1n) is 7.03. The summed E-state index contributed by atoms with van der Waals surface area (Å²) in [6, 6.07) is 7.42. The Kier molecular flexibility index (Phi) is 4.53. The molecular formula is C15H22N2O2. The molecule has 1 fully saturated rings. The van der Waals surface area contributed by atoms with Crippen LogP contribution in [0.5, 0.6) is 0 Å². The lowest BCUT2D eigenvalue weighted by molar-refractivity contribution is -0.384. The summed E-state index contributed by atoms with van der Waals surface area (Å²) in [5.74, 6) is 1.51. The first kappa shape index (κ1) is 14.0. The number of benzene rings is 1. The largest absolute Gasteiger partial charge is 0.310 e. The van der Waals surface area contributed by atoms with Crippen molar-refractivity contribution in [3.8, 4) is 0 Å². The lowest BCUT2D eigenvalue weighted by atomic mass is 9.80. The van der Waals surface area contributed by atoms with Gasteiger partial charge in [-0.15, -0.1) is 0 Å². The van der Waals surface area contributed by atoms with Gasteiger partial charge >= 0.3 is 0 Å². The summed E-state index contributed by atoms with van der Waals surface area (Å²) in [6.45, 7) is 5.32. The fourth-order valence-corrected chi connectivity index (χ4v) is 3.00. The summed E-state index contributed by atoms with van der Waals surface area (Å²) < 4.78 is 0. The minimum absolute atomic E-state index is 0.171. The molecule has 1 N–H and O–H groups in total. The molecule has 0 spiro atoms. The molecule has 3 unspecified atom stereocenters. The van der Waals surface area contributed by atoms with E-state index in [0.717, 1.165) is 11.5 Å². The molecule has 2 rings (SSSR count). The number of non-ortho nitro benzene ring substituents is 1. The van der Waals surface area contributed by atoms with Crippen molar-refractivity contribution >= 4 is 5.69 Å². The van der Waals surface area contributed by atoms with Crippen LogP contribution in [0.2, 0.25) is 0 Å². The quantitative estimate of drug-likeness (QED) is 0.667. The van der Waals surface area contributed by atoms with Crippen molar-refractivity contribution in [1.82, 2.24) is 5.32 Å². The van der Waals surface area contributed by atoms with E-state index in [9.17, 15) is 10.1 Å². The Morgan fingerprint density at radius 3 is 2.84 bits per heavy atom. The summed E-state index contributed by atoms with van der Waals surface area (Å²) >= 11 is 0. The Labute approximate surface area is 114 Å². The molecule has 0 bridgehead atoms. The molecule has 1 saturated carbocycles. The third-order valence-electron chi connectivity index (χ3n) is 4.12. The van der Waals surface area contributed by atoms with Crippen LogP contribution in [-0.2, 0) is 6.54 Å². The lowest BCUT2D eigenvalue weighted by Crippen LogP contribution is -2.38. The smallest absolute Gasteiger partial charge is 0.269 e. The fourth-order valence-electron chi connectivity index (χ4n) is 3.00. The maximum Gasteiger partial charge on any atom is 0.269 e. The van der Waals surface area contributed by atoms with Gasteiger partial charge in [-0.3, -0.25) is 10.1 Å². The highest BCUT2D eigenvalue weighted by Gasteiger charge is 2.24. The predicted molar refractivity (Wildman–Crippen MR) is 75.9 cm³/mol. The molecule has 1 aliphatic carbocycles. The summed E-state index contributed by atoms with van der Waals surface area (Å²) in [6.07, 6.45) is 3.75. The molecule has 19 heavy (non-hydrogen) atoms. The van der Waals surface area contributed by atoms with E-state index in [1.165, 1.54) is 25.3 Å². The van der Waals surface area contributed by atoms with Crippen molar-refractivity contribution < 1.29 is 4.92 Å². The molecule has 0 amide bonds. The van der Waals surface area contributed by atoms with Gasteiger partial charge in [0.2, 0.25) is 0 Å². The normalized spacial score (nSPS) is 27.2. The monoisotopic (exact) mass is 262 g/mol. The van der Waals surface area contributed by atoms with Crippen LogP contribution in [0.15, 0.2) is 24.3 Å². The molecule has 3 atom stereocenters. The first-order valence-corrected chi connectivity index (χ1v) is 7.03. The molecule has 104 valence electrons. The molecule has 1 aliphatic rings. The van der Waals surface area contributed by atoms with Gasteiger partial charge in [-0.25, -0.2) is 0 Å². The zero-order valence-corrected chi connectivity index (χ0v) is 11.6. The fraction of sp³-hybridized carbons (Fsp3) is 0.600. The molecule has 0 saturated heterocycles. The zero-order valence-electron chi connectivity index (χ0n) is 11.6. The van der Waals surface area contributed by atoms with Crippen molar-refractivity contribution in [1.29, 1.82) is 0 Å². The summed E-state index contributed by atoms with van der Waals surface area (Å²) in [7, 11) is 0. The van der Waals surface area contributed by atoms with Crippen LogP contribution < -0.4 is 5.32 Å². The van der Waals surface area contributed by atoms with Crippen LogP contribution in [0.4, 0.5) is 5.69 Å². The van der Waals surface area contributed by atoms with Crippen LogP contribution in [0.25, 0.3) is 0 Å². The highest BCUT2D eigenvalue weighted by molar-refractivity contribution is 5.34. The van der Waals surface area contributed by atoms with Crippen molar-refractivity contribution in [2.75, 3.05) is 0 Å². The topological polar surface area (TPSA) is 55.2 Å². The molecule has 1 aromatic rings. The van der Waals surface area contributed by atoms with Gasteiger partial charge in [0.1, 0.15) is 0 Å². The van der Waals surface area contributed by atoms with Crippen molar-refractivity contribution in [2.24, 2.45) is 11.8 Å². The zero-order chi connectivity index (χ0) is 13.8. The SMILES string of the molecule is CC1CCC(NCc2cccc([N+](=O)[O-])c2)C(C)C1. The van der Waals surface area contributed by atoms with Gasteiger partial charge in [0, 0.05) is 24.7 Å². The molecule has 4 nitrogen and oxygen atoms in total. The Hall–Kier alpha value is -1.42. The van der Waals surface area contributed by atoms with E-state index in [2.05, 4.69) is 19.2 Å². The summed E-state index contributed by atoms with van der Waals surface area (Å²) in [4.78, 5) is 10.4. The second-order valence-electron chi connectivity index (χ2n) is 5.81. The Balaban J connectivity index is 1.91. The molecule has 0 aliphatic heterocycles. The van der Waals surface area contributed by atoms with Gasteiger partial charge in [0.25, 0.3) is 5.69 Å². The molecular weight excluding hydrogens is 240 g/mol. The maximum atomic E-state index is 10.7. The van der Waals surface area contributed by atoms with Gasteiger partial charge in [-0.05, 0) is 36.7 Å². The number of nitro groups is 1. The minimum atomic E-state index is -0.339. The van der Waals surface area contributed by atoms with Crippen LogP contribution in [-0.4, -0.2) is 11.0 Å². The van der Waals surface area contributed by atoms with E-state index in [-0.39, 0.29) is 10.6 Å². The molecule has 1 aromatic carbocycles. The highest BCUT2D eigenvalue weighted by Crippen LogP contribution is 2.28. The lowest BCUT2D eigenvalue weighted by Gasteiger charge is -2.33. The van der Waals surface area contributed by atoms with Gasteiger partial charge < -0.3 is 5.32 Å². The van der Waals surface area contributed by atoms with Crippen molar-refractivity contribution in [2.45, 2.75) is 45.7 Å². The van der Waals surface area contributed by atoms with Crippen molar-refractivity contribution in [3.63, 3.8) is 0 Å². The van der Waals surface area contributed by atoms with E-state index < -0.39 is 0 Å². The van der Waals surface area contributed by atoms with Crippen LogP contribution in [0.3, 0.4) is 0 Å². The maximum absolute atomic E-state index is 10.7. The van der Waals surface area contributed by atoms with E-state index in [1.807, 2.05) is 6.07 Å². The van der Waals surface area contributed by atoms with Gasteiger partial charge in [-0.1, -0.05) is 26.0 Å². The van der Waals surface area contributed by atoms with Crippen molar-refractivity contribution in [3.05, 3.63) is 39.9 Å². The summed E-state index contributed by atoms with van der Waals surface area (Å²) in [5, 5.41) is 14.3. The predicted octanol–water partition coefficient (Wildman–Crippen LogP) is 3.51. The second-order valence-corrected chi connectivity index (χ2v) is 5.81. The standard InChI is InChI=1S/C15H22N2O2/c1-11-6-7-15(12(2)8-11)16-10-13-4-3-5-14(9-13)17(18)19/h3-5,9,11-12,15-16H,6-8,10H2,1-2H3. The second kappa shape index (κ2) is 6.15. The van der Waals surface area contributed by atoms with Gasteiger partial charge in [0.05, 0.1) is 4.92 Å². The molecule has 4 heteroatoms. The van der Waals surface area contributed by atoms with Gasteiger partial charge in [0.15, 0.2) is 0 Å². The highest BCUT2D eigenvalue weighted by atomic mass is 16.6. The van der Waals surface area contributed by atoms with Crippen LogP contribution >= 0.6 is 0 Å². The number of rotatable bonds is 4. The number of nitrogens with zero attached hydrogens (tertiary/aromatic N) is 1. The Bertz CT molecular complexity index is 448. The summed E-state index contributed by atoms with van der Waals surface area (Å²) in [5.41, 5.74) is 1.16. The van der Waals surface area contributed by atoms with E-state index in [4.69, 9.17) is 0 Å². The number of nitro benzene ring substituents is 1. The van der Waals surface area contributed by atoms with Gasteiger partial charge in [-0.2, -0.15) is 0 Å². The number of nitrogens with one attached hydrogen (secondary N) is 1. The Morgan fingerprint density at radius 2 is 2.16 bits per heavy atom. The van der Waals surface area contributed by atoms with E-state index in [1.54, 1.807) is 12.1 Å². The van der Waals surface area contributed by atoms with E-state index in [0.29, 0.717) is 18.5 Å². The van der Waals surface area contributed by atoms with E-state index >= 15 is 0 Å². The van der Waals surface area contributed by atoms with Crippen LogP contribution in [0.1, 0.15) is 38.7 Å². The third-order valence-corrected chi connectivity index (χ3v) is 4.12. The molecule has 0 radical (unpaired) electrons. The first-order chi connectivity index (χ1) is 9.06. The average Bonchev–Trinajstić information content (AvgIpc) is 2.38. The Morgan fingerprint density at radius 1 is 1.37 bits per heavy atom. The minimum Gasteiger partial charge on any atom is -0.310 e. The number of hydrogen-bond donors (Lipinski definition) is 1. The average molecular weight is 262 g/mol. The number of hydrogen-bond acceptors (Lipinski definition) is 3. The van der Waals surface area contributed by atoms with Crippen LogP contribution in [0, 0.1) is 22.0 Å². The molecule has 0 heterocycles. The third kappa shape index (κ3) is 3.77. The molecule has 0 aromatic heterocycles.